The van der Waals surface area contributed by atoms with Crippen LogP contribution in [-0.2, 0) is 4.74 Å². The molecule has 86 valence electrons. The summed E-state index contributed by atoms with van der Waals surface area (Å²) in [4.78, 5) is 17.7. The topological polar surface area (TPSA) is 42.4 Å². The second-order valence-electron chi connectivity index (χ2n) is 4.40. The number of amides is 1. The summed E-state index contributed by atoms with van der Waals surface area (Å²) in [5.41, 5.74) is 0.903. The van der Waals surface area contributed by atoms with Gasteiger partial charge in [-0.1, -0.05) is 19.9 Å². The van der Waals surface area contributed by atoms with Crippen molar-refractivity contribution in [1.82, 2.24) is 4.98 Å². The summed E-state index contributed by atoms with van der Waals surface area (Å²) in [6, 6.07) is 5.74. The number of pyridine rings is 1. The fourth-order valence-electron chi connectivity index (χ4n) is 1.85. The molecule has 0 saturated carbocycles. The van der Waals surface area contributed by atoms with Crippen molar-refractivity contribution in [1.29, 1.82) is 0 Å². The van der Waals surface area contributed by atoms with E-state index in [1.165, 1.54) is 0 Å². The minimum absolute atomic E-state index is 0.0850. The first-order valence-electron chi connectivity index (χ1n) is 5.49. The smallest absolute Gasteiger partial charge is 0.415 e. The molecule has 0 N–H and O–H groups in total. The molecule has 1 fully saturated rings. The van der Waals surface area contributed by atoms with Gasteiger partial charge < -0.3 is 4.74 Å². The maximum atomic E-state index is 11.7. The summed E-state index contributed by atoms with van der Waals surface area (Å²) >= 11 is 0. The number of hydrogen-bond acceptors (Lipinski definition) is 3. The summed E-state index contributed by atoms with van der Waals surface area (Å²) in [7, 11) is 0. The predicted octanol–water partition coefficient (Wildman–Crippen LogP) is 2.37. The lowest BCUT2D eigenvalue weighted by Crippen LogP contribution is -2.37. The molecule has 4 nitrogen and oxygen atoms in total. The Kier molecular flexibility index (Phi) is 2.81. The Morgan fingerprint density at radius 2 is 2.25 bits per heavy atom. The van der Waals surface area contributed by atoms with E-state index >= 15 is 0 Å². The number of anilines is 1. The molecule has 1 amide bonds. The first-order chi connectivity index (χ1) is 7.59. The van der Waals surface area contributed by atoms with E-state index in [0.717, 1.165) is 5.69 Å². The molecule has 1 aliphatic rings. The van der Waals surface area contributed by atoms with Crippen molar-refractivity contribution in [2.75, 3.05) is 11.5 Å². The molecule has 1 aromatic rings. The van der Waals surface area contributed by atoms with E-state index in [2.05, 4.69) is 18.8 Å². The highest BCUT2D eigenvalue weighted by molar-refractivity contribution is 5.89. The van der Waals surface area contributed by atoms with Crippen molar-refractivity contribution in [3.8, 4) is 0 Å². The van der Waals surface area contributed by atoms with Crippen molar-refractivity contribution in [3.63, 3.8) is 0 Å². The minimum Gasteiger partial charge on any atom is -0.447 e. The number of cyclic esters (lactones) is 1. The molecule has 0 radical (unpaired) electrons. The van der Waals surface area contributed by atoms with Gasteiger partial charge in [-0.05, 0) is 25.0 Å². The van der Waals surface area contributed by atoms with E-state index in [0.29, 0.717) is 18.3 Å². The normalized spacial score (nSPS) is 20.4. The van der Waals surface area contributed by atoms with Crippen LogP contribution in [0.15, 0.2) is 18.2 Å². The van der Waals surface area contributed by atoms with Crippen LogP contribution < -0.4 is 4.90 Å². The standard InChI is InChI=1S/C12H16N2O2/c1-8(2)10-7-16-12(15)14(10)11-6-4-5-9(3)13-11/h4-6,8,10H,7H2,1-3H3. The quantitative estimate of drug-likeness (QED) is 0.768. The molecule has 1 unspecified atom stereocenters. The summed E-state index contributed by atoms with van der Waals surface area (Å²) in [5, 5.41) is 0. The number of nitrogens with zero attached hydrogens (tertiary/aromatic N) is 2. The van der Waals surface area contributed by atoms with Gasteiger partial charge >= 0.3 is 6.09 Å². The lowest BCUT2D eigenvalue weighted by Gasteiger charge is -2.23. The van der Waals surface area contributed by atoms with Crippen LogP contribution in [0.3, 0.4) is 0 Å². The van der Waals surface area contributed by atoms with Crippen molar-refractivity contribution in [3.05, 3.63) is 23.9 Å². The zero-order chi connectivity index (χ0) is 11.7. The molecular weight excluding hydrogens is 204 g/mol. The molecule has 2 rings (SSSR count). The van der Waals surface area contributed by atoms with Crippen LogP contribution >= 0.6 is 0 Å². The second kappa shape index (κ2) is 4.12. The number of ether oxygens (including phenoxy) is 1. The van der Waals surface area contributed by atoms with Crippen molar-refractivity contribution in [2.45, 2.75) is 26.8 Å². The summed E-state index contributed by atoms with van der Waals surface area (Å²) in [5.74, 6) is 1.04. The Bertz CT molecular complexity index is 404. The molecule has 1 saturated heterocycles. The number of hydrogen-bond donors (Lipinski definition) is 0. The molecule has 4 heteroatoms. The fourth-order valence-corrected chi connectivity index (χ4v) is 1.85. The molecule has 0 aliphatic carbocycles. The van der Waals surface area contributed by atoms with E-state index in [4.69, 9.17) is 4.74 Å². The second-order valence-corrected chi connectivity index (χ2v) is 4.40. The highest BCUT2D eigenvalue weighted by atomic mass is 16.6. The van der Waals surface area contributed by atoms with Gasteiger partial charge in [-0.2, -0.15) is 0 Å². The Morgan fingerprint density at radius 3 is 2.88 bits per heavy atom. The van der Waals surface area contributed by atoms with Crippen LogP contribution in [0.4, 0.5) is 10.6 Å². The lowest BCUT2D eigenvalue weighted by molar-refractivity contribution is 0.177. The third-order valence-electron chi connectivity index (χ3n) is 2.80. The van der Waals surface area contributed by atoms with E-state index < -0.39 is 0 Å². The van der Waals surface area contributed by atoms with E-state index in [1.54, 1.807) is 4.90 Å². The summed E-state index contributed by atoms with van der Waals surface area (Å²) in [6.45, 7) is 6.52. The van der Waals surface area contributed by atoms with Gasteiger partial charge in [0.1, 0.15) is 12.4 Å². The lowest BCUT2D eigenvalue weighted by atomic mass is 10.0. The SMILES string of the molecule is Cc1cccc(N2C(=O)OCC2C(C)C)n1. The number of aromatic nitrogens is 1. The van der Waals surface area contributed by atoms with Gasteiger partial charge in [-0.25, -0.2) is 9.78 Å². The van der Waals surface area contributed by atoms with E-state index in [9.17, 15) is 4.79 Å². The van der Waals surface area contributed by atoms with Crippen LogP contribution in [0.5, 0.6) is 0 Å². The van der Waals surface area contributed by atoms with Gasteiger partial charge in [-0.15, -0.1) is 0 Å². The molecule has 0 aromatic carbocycles. The predicted molar refractivity (Wildman–Crippen MR) is 61.4 cm³/mol. The van der Waals surface area contributed by atoms with Gasteiger partial charge in [-0.3, -0.25) is 4.90 Å². The van der Waals surface area contributed by atoms with Gasteiger partial charge in [0.25, 0.3) is 0 Å². The molecular formula is C12H16N2O2. The van der Waals surface area contributed by atoms with Gasteiger partial charge in [0.05, 0.1) is 6.04 Å². The maximum Gasteiger partial charge on any atom is 0.415 e. The van der Waals surface area contributed by atoms with Crippen molar-refractivity contribution >= 4 is 11.9 Å². The molecule has 1 aromatic heterocycles. The minimum atomic E-state index is -0.295. The van der Waals surface area contributed by atoms with Gasteiger partial charge in [0.2, 0.25) is 0 Å². The highest BCUT2D eigenvalue weighted by Gasteiger charge is 2.36. The number of rotatable bonds is 2. The van der Waals surface area contributed by atoms with Gasteiger partial charge in [0, 0.05) is 5.69 Å². The van der Waals surface area contributed by atoms with Crippen molar-refractivity contribution in [2.24, 2.45) is 5.92 Å². The third kappa shape index (κ3) is 1.87. The largest absolute Gasteiger partial charge is 0.447 e. The average molecular weight is 220 g/mol. The van der Waals surface area contributed by atoms with Crippen LogP contribution in [-0.4, -0.2) is 23.7 Å². The zero-order valence-corrected chi connectivity index (χ0v) is 9.80. The Morgan fingerprint density at radius 1 is 1.50 bits per heavy atom. The molecule has 16 heavy (non-hydrogen) atoms. The maximum absolute atomic E-state index is 11.7. The first kappa shape index (κ1) is 10.9. The number of carbonyl (C=O) groups excluding carboxylic acids is 1. The molecule has 1 atom stereocenters. The third-order valence-corrected chi connectivity index (χ3v) is 2.80. The van der Waals surface area contributed by atoms with Crippen LogP contribution in [0, 0.1) is 12.8 Å². The molecule has 0 bridgehead atoms. The number of carbonyl (C=O) groups is 1. The zero-order valence-electron chi connectivity index (χ0n) is 9.80. The van der Waals surface area contributed by atoms with Gasteiger partial charge in [0.15, 0.2) is 0 Å². The van der Waals surface area contributed by atoms with E-state index in [-0.39, 0.29) is 12.1 Å². The molecule has 2 heterocycles. The molecule has 1 aliphatic heterocycles. The first-order valence-corrected chi connectivity index (χ1v) is 5.49. The van der Waals surface area contributed by atoms with Crippen LogP contribution in [0.1, 0.15) is 19.5 Å². The molecule has 0 spiro atoms. The summed E-state index contributed by atoms with van der Waals surface area (Å²) < 4.78 is 5.08. The fraction of sp³-hybridized carbons (Fsp3) is 0.500. The van der Waals surface area contributed by atoms with Crippen molar-refractivity contribution < 1.29 is 9.53 Å². The Balaban J connectivity index is 2.33. The monoisotopic (exact) mass is 220 g/mol. The van der Waals surface area contributed by atoms with Crippen LogP contribution in [0.25, 0.3) is 0 Å². The van der Waals surface area contributed by atoms with E-state index in [1.807, 2.05) is 25.1 Å². The Hall–Kier alpha value is -1.58. The summed E-state index contributed by atoms with van der Waals surface area (Å²) in [6.07, 6.45) is -0.295. The average Bonchev–Trinajstić information content (AvgIpc) is 2.60. The number of aryl methyl sites for hydroxylation is 1. The highest BCUT2D eigenvalue weighted by Crippen LogP contribution is 2.25. The Labute approximate surface area is 95.2 Å². The van der Waals surface area contributed by atoms with Crippen LogP contribution in [0.2, 0.25) is 0 Å².